The van der Waals surface area contributed by atoms with Gasteiger partial charge in [0.1, 0.15) is 17.7 Å². The summed E-state index contributed by atoms with van der Waals surface area (Å²) in [5.41, 5.74) is -0.787. The number of halogens is 4. The molecule has 202 valence electrons. The average Bonchev–Trinajstić information content (AvgIpc) is 3.48. The minimum Gasteiger partial charge on any atom is -0.477 e. The number of aromatic nitrogens is 1. The van der Waals surface area contributed by atoms with Gasteiger partial charge in [-0.1, -0.05) is 0 Å². The maximum absolute atomic E-state index is 15.4. The molecule has 2 aromatic heterocycles. The fourth-order valence-corrected chi connectivity index (χ4v) is 4.94. The summed E-state index contributed by atoms with van der Waals surface area (Å²) in [6, 6.07) is 0.457. The SMILES string of the molecule is Cc1c(N2CC[C@H](N(CC(F)(F)F)C(=O)OC(C)(C)C)C2)c(F)cn2c(=O)c(C(=O)O)cc(C3CC3)c12. The van der Waals surface area contributed by atoms with E-state index in [0.717, 1.165) is 23.4 Å². The largest absolute Gasteiger partial charge is 0.477 e. The topological polar surface area (TPSA) is 91.6 Å². The van der Waals surface area contributed by atoms with Crippen LogP contribution in [0.15, 0.2) is 17.1 Å². The van der Waals surface area contributed by atoms with E-state index in [-0.39, 0.29) is 31.1 Å². The molecule has 2 aliphatic rings. The van der Waals surface area contributed by atoms with Crippen LogP contribution in [0.3, 0.4) is 0 Å². The summed E-state index contributed by atoms with van der Waals surface area (Å²) in [6.45, 7) is 4.88. The van der Waals surface area contributed by atoms with Gasteiger partial charge in [0.15, 0.2) is 5.82 Å². The van der Waals surface area contributed by atoms with Crippen molar-refractivity contribution in [3.63, 3.8) is 0 Å². The van der Waals surface area contributed by atoms with Crippen molar-refractivity contribution < 1.29 is 37.0 Å². The Kier molecular flexibility index (Phi) is 6.66. The van der Waals surface area contributed by atoms with E-state index in [1.807, 2.05) is 0 Å². The van der Waals surface area contributed by atoms with Crippen molar-refractivity contribution >= 4 is 23.3 Å². The molecule has 1 saturated carbocycles. The Labute approximate surface area is 210 Å². The highest BCUT2D eigenvalue weighted by Crippen LogP contribution is 2.44. The van der Waals surface area contributed by atoms with E-state index < -0.39 is 53.4 Å². The van der Waals surface area contributed by atoms with Gasteiger partial charge in [-0.2, -0.15) is 13.2 Å². The lowest BCUT2D eigenvalue weighted by molar-refractivity contribution is -0.148. The summed E-state index contributed by atoms with van der Waals surface area (Å²) >= 11 is 0. The van der Waals surface area contributed by atoms with Crippen LogP contribution in [0.4, 0.5) is 28.0 Å². The number of anilines is 1. The number of pyridine rings is 2. The quantitative estimate of drug-likeness (QED) is 0.567. The summed E-state index contributed by atoms with van der Waals surface area (Å²) in [5.74, 6) is -2.18. The minimum absolute atomic E-state index is 0.0338. The molecule has 8 nitrogen and oxygen atoms in total. The van der Waals surface area contributed by atoms with Gasteiger partial charge in [-0.05, 0) is 70.1 Å². The third-order valence-electron chi connectivity index (χ3n) is 6.59. The van der Waals surface area contributed by atoms with Crippen LogP contribution < -0.4 is 10.5 Å². The second kappa shape index (κ2) is 9.21. The molecule has 37 heavy (non-hydrogen) atoms. The Hall–Kier alpha value is -3.31. The molecule has 0 unspecified atom stereocenters. The van der Waals surface area contributed by atoms with Crippen molar-refractivity contribution in [1.29, 1.82) is 0 Å². The second-order valence-electron chi connectivity index (χ2n) is 10.7. The summed E-state index contributed by atoms with van der Waals surface area (Å²) in [6.07, 6.45) is -3.07. The molecule has 0 aromatic carbocycles. The van der Waals surface area contributed by atoms with Gasteiger partial charge in [-0.15, -0.1) is 0 Å². The molecule has 1 atom stereocenters. The summed E-state index contributed by atoms with van der Waals surface area (Å²) in [5, 5.41) is 9.46. The molecular weight excluding hydrogens is 498 g/mol. The first-order chi connectivity index (χ1) is 17.1. The zero-order valence-corrected chi connectivity index (χ0v) is 21.0. The molecule has 1 aliphatic carbocycles. The van der Waals surface area contributed by atoms with Crippen molar-refractivity contribution in [2.45, 2.75) is 70.7 Å². The number of hydrogen-bond acceptors (Lipinski definition) is 5. The van der Waals surface area contributed by atoms with Gasteiger partial charge in [0.05, 0.1) is 23.4 Å². The van der Waals surface area contributed by atoms with Gasteiger partial charge in [-0.3, -0.25) is 14.1 Å². The fourth-order valence-electron chi connectivity index (χ4n) is 4.94. The highest BCUT2D eigenvalue weighted by Gasteiger charge is 2.41. The zero-order chi connectivity index (χ0) is 27.4. The summed E-state index contributed by atoms with van der Waals surface area (Å²) < 4.78 is 61.6. The predicted molar refractivity (Wildman–Crippen MR) is 127 cm³/mol. The first-order valence-corrected chi connectivity index (χ1v) is 12.0. The van der Waals surface area contributed by atoms with Crippen LogP contribution in [0.2, 0.25) is 0 Å². The smallest absolute Gasteiger partial charge is 0.410 e. The number of fused-ring (bicyclic) bond motifs is 1. The summed E-state index contributed by atoms with van der Waals surface area (Å²) in [4.78, 5) is 39.3. The lowest BCUT2D eigenvalue weighted by Gasteiger charge is -2.32. The van der Waals surface area contributed by atoms with E-state index in [9.17, 15) is 32.7 Å². The maximum Gasteiger partial charge on any atom is 0.410 e. The van der Waals surface area contributed by atoms with E-state index in [4.69, 9.17) is 4.74 Å². The Balaban J connectivity index is 1.73. The Morgan fingerprint density at radius 2 is 1.84 bits per heavy atom. The number of hydrogen-bond donors (Lipinski definition) is 1. The van der Waals surface area contributed by atoms with Crippen LogP contribution >= 0.6 is 0 Å². The number of ether oxygens (including phenoxy) is 1. The van der Waals surface area contributed by atoms with Gasteiger partial charge in [0.2, 0.25) is 0 Å². The second-order valence-corrected chi connectivity index (χ2v) is 10.7. The third kappa shape index (κ3) is 5.52. The monoisotopic (exact) mass is 527 g/mol. The van der Waals surface area contributed by atoms with Gasteiger partial charge in [0, 0.05) is 13.1 Å². The normalized spacial score (nSPS) is 18.4. The number of carboxylic acids is 1. The Morgan fingerprint density at radius 3 is 2.38 bits per heavy atom. The number of amides is 1. The van der Waals surface area contributed by atoms with Gasteiger partial charge < -0.3 is 14.7 Å². The number of carbonyl (C=O) groups excluding carboxylic acids is 1. The molecule has 0 radical (unpaired) electrons. The highest BCUT2D eigenvalue weighted by molar-refractivity contribution is 5.89. The molecule has 1 N–H and O–H groups in total. The third-order valence-corrected chi connectivity index (χ3v) is 6.59. The number of aryl methyl sites for hydroxylation is 1. The van der Waals surface area contributed by atoms with Crippen LogP contribution in [0.25, 0.3) is 5.52 Å². The average molecular weight is 528 g/mol. The lowest BCUT2D eigenvalue weighted by Crippen LogP contribution is -2.48. The van der Waals surface area contributed by atoms with Crippen molar-refractivity contribution in [3.8, 4) is 0 Å². The number of carboxylic acid groups (broad SMARTS) is 1. The Bertz CT molecular complexity index is 1310. The number of rotatable bonds is 5. The van der Waals surface area contributed by atoms with Crippen LogP contribution in [0.5, 0.6) is 0 Å². The first kappa shape index (κ1) is 26.7. The molecule has 12 heteroatoms. The molecule has 1 aliphatic heterocycles. The molecule has 2 fully saturated rings. The van der Waals surface area contributed by atoms with E-state index in [0.29, 0.717) is 21.5 Å². The zero-order valence-electron chi connectivity index (χ0n) is 21.0. The van der Waals surface area contributed by atoms with Gasteiger partial charge >= 0.3 is 18.2 Å². The molecule has 2 aromatic rings. The molecule has 0 spiro atoms. The Morgan fingerprint density at radius 1 is 1.19 bits per heavy atom. The number of carbonyl (C=O) groups is 2. The standard InChI is InChI=1S/C25H29F4N3O5/c1-13-19-16(14-5-6-14)9-17(22(34)35)21(33)31(19)11-18(26)20(13)30-8-7-15(10-30)32(12-25(27,28)29)23(36)37-24(2,3)4/h9,11,14-15H,5-8,10,12H2,1-4H3,(H,34,35)/t15-/m0/s1. The van der Waals surface area contributed by atoms with Gasteiger partial charge in [0.25, 0.3) is 5.56 Å². The van der Waals surface area contributed by atoms with E-state index in [1.165, 1.54) is 6.07 Å². The van der Waals surface area contributed by atoms with Crippen LogP contribution in [-0.2, 0) is 4.74 Å². The van der Waals surface area contributed by atoms with E-state index in [2.05, 4.69) is 0 Å². The van der Waals surface area contributed by atoms with Crippen LogP contribution in [0, 0.1) is 12.7 Å². The van der Waals surface area contributed by atoms with Crippen molar-refractivity contribution in [3.05, 3.63) is 45.1 Å². The van der Waals surface area contributed by atoms with Crippen LogP contribution in [0.1, 0.15) is 67.4 Å². The minimum atomic E-state index is -4.66. The molecular formula is C25H29F4N3O5. The molecule has 4 rings (SSSR count). The van der Waals surface area contributed by atoms with Crippen molar-refractivity contribution in [2.75, 3.05) is 24.5 Å². The molecule has 3 heterocycles. The highest BCUT2D eigenvalue weighted by atomic mass is 19.4. The van der Waals surface area contributed by atoms with E-state index in [1.54, 1.807) is 32.6 Å². The number of aromatic carboxylic acids is 1. The molecule has 0 bridgehead atoms. The molecule has 1 saturated heterocycles. The fraction of sp³-hybridized carbons (Fsp3) is 0.560. The number of alkyl halides is 3. The van der Waals surface area contributed by atoms with Crippen molar-refractivity contribution in [2.24, 2.45) is 0 Å². The lowest BCUT2D eigenvalue weighted by atomic mass is 10.0. The molecule has 1 amide bonds. The van der Waals surface area contributed by atoms with Crippen LogP contribution in [-0.4, -0.2) is 63.9 Å². The van der Waals surface area contributed by atoms with Gasteiger partial charge in [-0.25, -0.2) is 14.0 Å². The summed E-state index contributed by atoms with van der Waals surface area (Å²) in [7, 11) is 0. The first-order valence-electron chi connectivity index (χ1n) is 12.0. The maximum atomic E-state index is 15.4. The van der Waals surface area contributed by atoms with Crippen molar-refractivity contribution in [1.82, 2.24) is 9.30 Å². The van der Waals surface area contributed by atoms with E-state index >= 15 is 4.39 Å². The number of nitrogens with zero attached hydrogens (tertiary/aromatic N) is 3. The predicted octanol–water partition coefficient (Wildman–Crippen LogP) is 4.70.